The maximum absolute atomic E-state index is 11.6. The molecule has 1 aliphatic carbocycles. The van der Waals surface area contributed by atoms with Crippen LogP contribution in [0.5, 0.6) is 0 Å². The highest BCUT2D eigenvalue weighted by Gasteiger charge is 2.32. The van der Waals surface area contributed by atoms with Crippen molar-refractivity contribution in [3.05, 3.63) is 0 Å². The molecule has 0 bridgehead atoms. The fraction of sp³-hybridized carbons (Fsp3) is 0.929. The molecule has 1 saturated carbocycles. The Hall–Kier alpha value is -0.810. The summed E-state index contributed by atoms with van der Waals surface area (Å²) in [5.74, 6) is 0. The van der Waals surface area contributed by atoms with E-state index in [0.717, 1.165) is 25.9 Å². The lowest BCUT2D eigenvalue weighted by Gasteiger charge is -2.38. The van der Waals surface area contributed by atoms with E-state index in [0.29, 0.717) is 12.1 Å². The molecule has 0 aromatic rings. The largest absolute Gasteiger partial charge is 0.444 e. The van der Waals surface area contributed by atoms with Gasteiger partial charge >= 0.3 is 6.09 Å². The Bertz CT molecular complexity index is 283. The molecule has 112 valence electrons. The zero-order valence-electron chi connectivity index (χ0n) is 12.8. The highest BCUT2D eigenvalue weighted by molar-refractivity contribution is 5.68. The number of methoxy groups -OCH3 is 1. The Morgan fingerprint density at radius 3 is 2.47 bits per heavy atom. The fourth-order valence-corrected chi connectivity index (χ4v) is 2.13. The van der Waals surface area contributed by atoms with E-state index in [2.05, 4.69) is 17.6 Å². The van der Waals surface area contributed by atoms with E-state index in [1.807, 2.05) is 20.8 Å². The summed E-state index contributed by atoms with van der Waals surface area (Å²) in [6.07, 6.45) is 2.63. The van der Waals surface area contributed by atoms with Crippen LogP contribution in [0.1, 0.15) is 47.0 Å². The van der Waals surface area contributed by atoms with E-state index >= 15 is 0 Å². The molecule has 0 aromatic heterocycles. The van der Waals surface area contributed by atoms with Crippen LogP contribution in [-0.2, 0) is 9.47 Å². The predicted molar refractivity (Wildman–Crippen MR) is 75.3 cm³/mol. The first-order valence-electron chi connectivity index (χ1n) is 7.04. The Labute approximate surface area is 116 Å². The van der Waals surface area contributed by atoms with Crippen LogP contribution >= 0.6 is 0 Å². The summed E-state index contributed by atoms with van der Waals surface area (Å²) in [7, 11) is 1.72. The minimum Gasteiger partial charge on any atom is -0.444 e. The third-order valence-corrected chi connectivity index (χ3v) is 3.13. The highest BCUT2D eigenvalue weighted by Crippen LogP contribution is 2.21. The van der Waals surface area contributed by atoms with Crippen molar-refractivity contribution in [3.8, 4) is 0 Å². The number of alkyl carbamates (subject to hydrolysis) is 1. The third-order valence-electron chi connectivity index (χ3n) is 3.13. The molecule has 19 heavy (non-hydrogen) atoms. The number of amides is 1. The van der Waals surface area contributed by atoms with E-state index in [1.165, 1.54) is 0 Å². The van der Waals surface area contributed by atoms with E-state index in [4.69, 9.17) is 9.47 Å². The van der Waals surface area contributed by atoms with Gasteiger partial charge in [0.15, 0.2) is 0 Å². The van der Waals surface area contributed by atoms with Gasteiger partial charge in [-0.3, -0.25) is 0 Å². The van der Waals surface area contributed by atoms with Crippen LogP contribution in [0, 0.1) is 0 Å². The van der Waals surface area contributed by atoms with Gasteiger partial charge in [0, 0.05) is 31.8 Å². The topological polar surface area (TPSA) is 59.6 Å². The van der Waals surface area contributed by atoms with Gasteiger partial charge in [0.25, 0.3) is 0 Å². The SMILES string of the molecule is COCCC(C)NC1CC(NC(=O)OC(C)(C)C)C1. The maximum Gasteiger partial charge on any atom is 0.407 e. The molecule has 0 aromatic carbocycles. The first-order valence-corrected chi connectivity index (χ1v) is 7.04. The first kappa shape index (κ1) is 16.2. The molecule has 1 aliphatic rings. The second kappa shape index (κ2) is 7.10. The van der Waals surface area contributed by atoms with Gasteiger partial charge in [-0.1, -0.05) is 0 Å². The van der Waals surface area contributed by atoms with Gasteiger partial charge in [0.1, 0.15) is 5.60 Å². The zero-order chi connectivity index (χ0) is 14.5. The van der Waals surface area contributed by atoms with E-state index in [-0.39, 0.29) is 12.1 Å². The number of rotatable bonds is 6. The molecule has 1 fully saturated rings. The quantitative estimate of drug-likeness (QED) is 0.777. The molecule has 0 radical (unpaired) electrons. The lowest BCUT2D eigenvalue weighted by atomic mass is 9.86. The van der Waals surface area contributed by atoms with Crippen molar-refractivity contribution in [1.82, 2.24) is 10.6 Å². The van der Waals surface area contributed by atoms with Crippen LogP contribution < -0.4 is 10.6 Å². The summed E-state index contributed by atoms with van der Waals surface area (Å²) >= 11 is 0. The van der Waals surface area contributed by atoms with Crippen LogP contribution in [0.2, 0.25) is 0 Å². The summed E-state index contributed by atoms with van der Waals surface area (Å²) in [5.41, 5.74) is -0.430. The highest BCUT2D eigenvalue weighted by atomic mass is 16.6. The Balaban J connectivity index is 2.11. The van der Waals surface area contributed by atoms with Crippen molar-refractivity contribution in [1.29, 1.82) is 0 Å². The van der Waals surface area contributed by atoms with Crippen molar-refractivity contribution in [2.75, 3.05) is 13.7 Å². The second-order valence-electron chi connectivity index (χ2n) is 6.36. The average molecular weight is 272 g/mol. The standard InChI is InChI=1S/C14H28N2O3/c1-10(6-7-18-5)15-11-8-12(9-11)16-13(17)19-14(2,3)4/h10-12,15H,6-9H2,1-5H3,(H,16,17). The average Bonchev–Trinajstić information content (AvgIpc) is 2.20. The molecule has 0 heterocycles. The molecule has 0 aliphatic heterocycles. The predicted octanol–water partition coefficient (Wildman–Crippen LogP) is 2.06. The normalized spacial score (nSPS) is 24.5. The van der Waals surface area contributed by atoms with Gasteiger partial charge in [0.05, 0.1) is 0 Å². The molecule has 1 atom stereocenters. The molecule has 0 saturated heterocycles. The molecule has 5 nitrogen and oxygen atoms in total. The van der Waals surface area contributed by atoms with Crippen molar-refractivity contribution in [2.24, 2.45) is 0 Å². The molecule has 1 unspecified atom stereocenters. The van der Waals surface area contributed by atoms with Crippen LogP contribution in [0.4, 0.5) is 4.79 Å². The fourth-order valence-electron chi connectivity index (χ4n) is 2.13. The Kier molecular flexibility index (Phi) is 6.07. The van der Waals surface area contributed by atoms with Crippen molar-refractivity contribution >= 4 is 6.09 Å². The summed E-state index contributed by atoms with van der Waals surface area (Å²) in [4.78, 5) is 11.6. The van der Waals surface area contributed by atoms with Crippen molar-refractivity contribution in [3.63, 3.8) is 0 Å². The van der Waals surface area contributed by atoms with Gasteiger partial charge in [0.2, 0.25) is 0 Å². The number of hydrogen-bond donors (Lipinski definition) is 2. The molecule has 1 amide bonds. The molecular weight excluding hydrogens is 244 g/mol. The number of nitrogens with one attached hydrogen (secondary N) is 2. The smallest absolute Gasteiger partial charge is 0.407 e. The Morgan fingerprint density at radius 1 is 1.32 bits per heavy atom. The molecule has 0 spiro atoms. The zero-order valence-corrected chi connectivity index (χ0v) is 12.8. The summed E-state index contributed by atoms with van der Waals surface area (Å²) in [6.45, 7) is 8.55. The van der Waals surface area contributed by atoms with Crippen molar-refractivity contribution in [2.45, 2.75) is 70.7 Å². The number of ether oxygens (including phenoxy) is 2. The minimum atomic E-state index is -0.430. The second-order valence-corrected chi connectivity index (χ2v) is 6.36. The third kappa shape index (κ3) is 6.78. The van der Waals surface area contributed by atoms with Crippen molar-refractivity contribution < 1.29 is 14.3 Å². The van der Waals surface area contributed by atoms with Crippen LogP contribution in [0.15, 0.2) is 0 Å². The lowest BCUT2D eigenvalue weighted by molar-refractivity contribution is 0.0462. The van der Waals surface area contributed by atoms with Gasteiger partial charge in [-0.05, 0) is 47.0 Å². The number of carbonyl (C=O) groups excluding carboxylic acids is 1. The van der Waals surface area contributed by atoms with Crippen LogP contribution in [0.3, 0.4) is 0 Å². The van der Waals surface area contributed by atoms with Gasteiger partial charge in [-0.25, -0.2) is 4.79 Å². The van der Waals surface area contributed by atoms with Crippen LogP contribution in [0.25, 0.3) is 0 Å². The molecular formula is C14H28N2O3. The summed E-state index contributed by atoms with van der Waals surface area (Å²) in [6, 6.07) is 1.18. The van der Waals surface area contributed by atoms with E-state index < -0.39 is 5.60 Å². The molecule has 2 N–H and O–H groups in total. The number of carbonyl (C=O) groups is 1. The van der Waals surface area contributed by atoms with Gasteiger partial charge in [-0.15, -0.1) is 0 Å². The minimum absolute atomic E-state index is 0.238. The summed E-state index contributed by atoms with van der Waals surface area (Å²) in [5, 5.41) is 6.42. The number of hydrogen-bond acceptors (Lipinski definition) is 4. The lowest BCUT2D eigenvalue weighted by Crippen LogP contribution is -2.54. The maximum atomic E-state index is 11.6. The first-order chi connectivity index (χ1) is 8.80. The van der Waals surface area contributed by atoms with E-state index in [1.54, 1.807) is 7.11 Å². The monoisotopic (exact) mass is 272 g/mol. The summed E-state index contributed by atoms with van der Waals surface area (Å²) < 4.78 is 10.3. The van der Waals surface area contributed by atoms with Crippen LogP contribution in [-0.4, -0.2) is 43.5 Å². The van der Waals surface area contributed by atoms with Gasteiger partial charge in [-0.2, -0.15) is 0 Å². The molecule has 1 rings (SSSR count). The van der Waals surface area contributed by atoms with Gasteiger partial charge < -0.3 is 20.1 Å². The Morgan fingerprint density at radius 2 is 1.95 bits per heavy atom. The van der Waals surface area contributed by atoms with E-state index in [9.17, 15) is 4.79 Å². The molecule has 5 heteroatoms.